The summed E-state index contributed by atoms with van der Waals surface area (Å²) in [6.45, 7) is 1.65. The summed E-state index contributed by atoms with van der Waals surface area (Å²) in [7, 11) is -3.12. The first-order valence-electron chi connectivity index (χ1n) is 5.93. The van der Waals surface area contributed by atoms with Crippen molar-refractivity contribution >= 4 is 9.84 Å². The number of hydrogen-bond acceptors (Lipinski definition) is 2. The molecule has 0 aliphatic carbocycles. The van der Waals surface area contributed by atoms with Crippen LogP contribution in [0, 0.1) is 5.82 Å². The average molecular weight is 278 g/mol. The van der Waals surface area contributed by atoms with Crippen molar-refractivity contribution in [3.05, 3.63) is 59.9 Å². The quantitative estimate of drug-likeness (QED) is 0.859. The summed E-state index contributed by atoms with van der Waals surface area (Å²) in [5.41, 5.74) is 1.96. The molecule has 0 saturated heterocycles. The Bertz CT molecular complexity index is 676. The lowest BCUT2D eigenvalue weighted by Crippen LogP contribution is -2.07. The van der Waals surface area contributed by atoms with E-state index in [1.807, 2.05) is 0 Å². The molecule has 100 valence electrons. The third kappa shape index (κ3) is 3.01. The largest absolute Gasteiger partial charge is 0.229 e. The lowest BCUT2D eigenvalue weighted by Gasteiger charge is -2.10. The van der Waals surface area contributed by atoms with E-state index in [0.29, 0.717) is 11.1 Å². The molecule has 0 amide bonds. The summed E-state index contributed by atoms with van der Waals surface area (Å²) >= 11 is 0. The lowest BCUT2D eigenvalue weighted by molar-refractivity contribution is 0.592. The molecular weight excluding hydrogens is 263 g/mol. The maximum Gasteiger partial charge on any atom is 0.154 e. The number of hydrogen-bond donors (Lipinski definition) is 0. The van der Waals surface area contributed by atoms with Gasteiger partial charge in [-0.3, -0.25) is 0 Å². The molecule has 0 aromatic heterocycles. The molecule has 0 saturated carbocycles. The number of benzene rings is 2. The highest BCUT2D eigenvalue weighted by Gasteiger charge is 2.17. The Morgan fingerprint density at radius 2 is 1.58 bits per heavy atom. The van der Waals surface area contributed by atoms with Gasteiger partial charge >= 0.3 is 0 Å². The van der Waals surface area contributed by atoms with E-state index in [-0.39, 0.29) is 5.82 Å². The van der Waals surface area contributed by atoms with Crippen LogP contribution in [0.3, 0.4) is 0 Å². The van der Waals surface area contributed by atoms with Gasteiger partial charge in [0.15, 0.2) is 9.84 Å². The van der Waals surface area contributed by atoms with Crippen LogP contribution in [-0.4, -0.2) is 14.7 Å². The third-order valence-electron chi connectivity index (χ3n) is 3.21. The monoisotopic (exact) mass is 278 g/mol. The van der Waals surface area contributed by atoms with Crippen LogP contribution in [0.5, 0.6) is 0 Å². The van der Waals surface area contributed by atoms with Crippen LogP contribution >= 0.6 is 0 Å². The van der Waals surface area contributed by atoms with Crippen molar-refractivity contribution < 1.29 is 12.8 Å². The van der Waals surface area contributed by atoms with Gasteiger partial charge in [-0.25, -0.2) is 12.8 Å². The van der Waals surface area contributed by atoms with Gasteiger partial charge in [0.1, 0.15) is 5.82 Å². The molecule has 1 atom stereocenters. The normalized spacial score (nSPS) is 13.2. The molecular formula is C15H15FO2S. The maximum absolute atomic E-state index is 13.6. The van der Waals surface area contributed by atoms with E-state index in [1.54, 1.807) is 49.4 Å². The van der Waals surface area contributed by atoms with Gasteiger partial charge in [-0.15, -0.1) is 0 Å². The van der Waals surface area contributed by atoms with Gasteiger partial charge in [0, 0.05) is 11.8 Å². The van der Waals surface area contributed by atoms with E-state index in [1.165, 1.54) is 12.3 Å². The third-order valence-corrected chi connectivity index (χ3v) is 4.76. The minimum atomic E-state index is -3.12. The second-order valence-electron chi connectivity index (χ2n) is 4.57. The van der Waals surface area contributed by atoms with Gasteiger partial charge < -0.3 is 0 Å². The van der Waals surface area contributed by atoms with Crippen LogP contribution in [0.2, 0.25) is 0 Å². The maximum atomic E-state index is 13.6. The predicted molar refractivity (Wildman–Crippen MR) is 75.1 cm³/mol. The first kappa shape index (κ1) is 13.7. The minimum Gasteiger partial charge on any atom is -0.229 e. The van der Waals surface area contributed by atoms with Crippen molar-refractivity contribution in [3.8, 4) is 11.1 Å². The molecule has 2 rings (SSSR count). The second-order valence-corrected chi connectivity index (χ2v) is 6.94. The number of halogens is 1. The van der Waals surface area contributed by atoms with Crippen molar-refractivity contribution in [2.24, 2.45) is 0 Å². The summed E-state index contributed by atoms with van der Waals surface area (Å²) in [5, 5.41) is -0.554. The average Bonchev–Trinajstić information content (AvgIpc) is 2.38. The molecule has 0 spiro atoms. The Kier molecular flexibility index (Phi) is 3.71. The topological polar surface area (TPSA) is 34.1 Å². The standard InChI is InChI=1S/C15H15FO2S/c1-11(19(2,17)18)12-7-9-13(10-8-12)14-5-3-4-6-15(14)16/h3-11H,1-2H3. The summed E-state index contributed by atoms with van der Waals surface area (Å²) in [4.78, 5) is 0. The van der Waals surface area contributed by atoms with Gasteiger partial charge in [0.25, 0.3) is 0 Å². The van der Waals surface area contributed by atoms with E-state index in [9.17, 15) is 12.8 Å². The SMILES string of the molecule is CC(c1ccc(-c2ccccc2F)cc1)S(C)(=O)=O. The highest BCUT2D eigenvalue weighted by molar-refractivity contribution is 7.90. The Balaban J connectivity index is 2.37. The molecule has 2 aromatic rings. The van der Waals surface area contributed by atoms with Gasteiger partial charge in [-0.05, 0) is 24.1 Å². The molecule has 0 radical (unpaired) electrons. The highest BCUT2D eigenvalue weighted by atomic mass is 32.2. The minimum absolute atomic E-state index is 0.286. The van der Waals surface area contributed by atoms with Crippen molar-refractivity contribution in [2.45, 2.75) is 12.2 Å². The molecule has 0 heterocycles. The van der Waals surface area contributed by atoms with Crippen molar-refractivity contribution in [2.75, 3.05) is 6.26 Å². The van der Waals surface area contributed by atoms with Crippen LogP contribution in [-0.2, 0) is 9.84 Å². The van der Waals surface area contributed by atoms with Crippen LogP contribution in [0.4, 0.5) is 4.39 Å². The zero-order chi connectivity index (χ0) is 14.0. The Hall–Kier alpha value is -1.68. The summed E-state index contributed by atoms with van der Waals surface area (Å²) < 4.78 is 36.6. The lowest BCUT2D eigenvalue weighted by atomic mass is 10.0. The summed E-state index contributed by atoms with van der Waals surface area (Å²) in [5.74, 6) is -0.286. The smallest absolute Gasteiger partial charge is 0.154 e. The highest BCUT2D eigenvalue weighted by Crippen LogP contribution is 2.26. The molecule has 0 N–H and O–H groups in total. The molecule has 0 bridgehead atoms. The van der Waals surface area contributed by atoms with E-state index in [4.69, 9.17) is 0 Å². The van der Waals surface area contributed by atoms with Gasteiger partial charge in [-0.2, -0.15) is 0 Å². The van der Waals surface area contributed by atoms with E-state index >= 15 is 0 Å². The first-order valence-corrected chi connectivity index (χ1v) is 7.89. The van der Waals surface area contributed by atoms with Gasteiger partial charge in [-0.1, -0.05) is 42.5 Å². The summed E-state index contributed by atoms with van der Waals surface area (Å²) in [6, 6.07) is 13.5. The molecule has 0 aliphatic rings. The van der Waals surface area contributed by atoms with Gasteiger partial charge in [0.05, 0.1) is 5.25 Å². The van der Waals surface area contributed by atoms with E-state index in [0.717, 1.165) is 5.56 Å². The predicted octanol–water partition coefficient (Wildman–Crippen LogP) is 3.60. The second kappa shape index (κ2) is 5.13. The fraction of sp³-hybridized carbons (Fsp3) is 0.200. The Morgan fingerprint density at radius 1 is 1.00 bits per heavy atom. The number of sulfone groups is 1. The Labute approximate surface area is 112 Å². The van der Waals surface area contributed by atoms with Crippen molar-refractivity contribution in [1.82, 2.24) is 0 Å². The molecule has 2 nitrogen and oxygen atoms in total. The van der Waals surface area contributed by atoms with E-state index < -0.39 is 15.1 Å². The zero-order valence-corrected chi connectivity index (χ0v) is 11.6. The van der Waals surface area contributed by atoms with Gasteiger partial charge in [0.2, 0.25) is 0 Å². The number of rotatable bonds is 3. The zero-order valence-electron chi connectivity index (χ0n) is 10.8. The summed E-state index contributed by atoms with van der Waals surface area (Å²) in [6.07, 6.45) is 1.21. The fourth-order valence-corrected chi connectivity index (χ4v) is 2.53. The van der Waals surface area contributed by atoms with Crippen LogP contribution < -0.4 is 0 Å². The molecule has 4 heteroatoms. The fourth-order valence-electron chi connectivity index (χ4n) is 1.88. The van der Waals surface area contributed by atoms with Crippen LogP contribution in [0.1, 0.15) is 17.7 Å². The molecule has 2 aromatic carbocycles. The molecule has 19 heavy (non-hydrogen) atoms. The van der Waals surface area contributed by atoms with Crippen molar-refractivity contribution in [3.63, 3.8) is 0 Å². The van der Waals surface area contributed by atoms with Crippen LogP contribution in [0.15, 0.2) is 48.5 Å². The first-order chi connectivity index (χ1) is 8.89. The Morgan fingerprint density at radius 3 is 2.11 bits per heavy atom. The molecule has 1 unspecified atom stereocenters. The van der Waals surface area contributed by atoms with Crippen molar-refractivity contribution in [1.29, 1.82) is 0 Å². The van der Waals surface area contributed by atoms with Crippen LogP contribution in [0.25, 0.3) is 11.1 Å². The van der Waals surface area contributed by atoms with E-state index in [2.05, 4.69) is 0 Å². The molecule has 0 fully saturated rings. The molecule has 0 aliphatic heterocycles.